The number of nitrogens with one attached hydrogen (secondary N) is 2. The molecule has 0 saturated heterocycles. The smallest absolute Gasteiger partial charge is 0.273 e. The van der Waals surface area contributed by atoms with E-state index in [1.165, 1.54) is 0 Å². The minimum absolute atomic E-state index is 0.226. The Kier molecular flexibility index (Phi) is 6.68. The van der Waals surface area contributed by atoms with E-state index in [2.05, 4.69) is 54.7 Å². The Morgan fingerprint density at radius 1 is 1.23 bits per heavy atom. The Morgan fingerprint density at radius 2 is 1.85 bits per heavy atom. The first kappa shape index (κ1) is 21.1. The summed E-state index contributed by atoms with van der Waals surface area (Å²) in [4.78, 5) is 12.0. The molecule has 0 unspecified atom stereocenters. The van der Waals surface area contributed by atoms with Gasteiger partial charge in [-0.2, -0.15) is 0 Å². The van der Waals surface area contributed by atoms with Crippen LogP contribution in [0.15, 0.2) is 6.07 Å². The van der Waals surface area contributed by atoms with Gasteiger partial charge in [0, 0.05) is 25.3 Å². The van der Waals surface area contributed by atoms with Gasteiger partial charge in [-0.1, -0.05) is 32.4 Å². The second-order valence-electron chi connectivity index (χ2n) is 8.50. The van der Waals surface area contributed by atoms with Crippen molar-refractivity contribution in [1.82, 2.24) is 15.5 Å². The van der Waals surface area contributed by atoms with Crippen molar-refractivity contribution in [3.63, 3.8) is 0 Å². The second kappa shape index (κ2) is 8.23. The molecule has 1 amide bonds. The number of amides is 1. The molecule has 0 radical (unpaired) electrons. The van der Waals surface area contributed by atoms with Crippen molar-refractivity contribution in [3.05, 3.63) is 16.9 Å². The van der Waals surface area contributed by atoms with Crippen molar-refractivity contribution in [2.24, 2.45) is 0 Å². The zero-order chi connectivity index (χ0) is 19.5. The largest absolute Gasteiger partial charge is 0.414 e. The Labute approximate surface area is 162 Å². The quantitative estimate of drug-likeness (QED) is 0.725. The van der Waals surface area contributed by atoms with E-state index in [9.17, 15) is 4.79 Å². The van der Waals surface area contributed by atoms with Crippen LogP contribution in [0.3, 0.4) is 0 Å². The number of aromatic nitrogens is 2. The predicted octanol–water partition coefficient (Wildman–Crippen LogP) is 4.23. The number of hydrogen-bond acceptors (Lipinski definition) is 5. The number of anilines is 1. The zero-order valence-corrected chi connectivity index (χ0v) is 18.4. The van der Waals surface area contributed by atoms with E-state index in [1.807, 2.05) is 0 Å². The highest BCUT2D eigenvalue weighted by Gasteiger charge is 2.39. The molecule has 1 aromatic rings. The van der Waals surface area contributed by atoms with Gasteiger partial charge in [-0.3, -0.25) is 4.79 Å². The van der Waals surface area contributed by atoms with Crippen molar-refractivity contribution in [1.29, 1.82) is 0 Å². The van der Waals surface area contributed by atoms with Gasteiger partial charge in [0.2, 0.25) is 0 Å². The number of carbonyl (C=O) groups is 1. The molecule has 1 saturated carbocycles. The SMILES string of the molecule is CNC(=O)c1nnc(Cl)cc1NC1CCC(O[Si](C)(C)C(C)(C)C)CC1. The third kappa shape index (κ3) is 5.17. The van der Waals surface area contributed by atoms with Crippen LogP contribution in [0.1, 0.15) is 56.9 Å². The molecule has 2 N–H and O–H groups in total. The lowest BCUT2D eigenvalue weighted by Gasteiger charge is -2.41. The highest BCUT2D eigenvalue weighted by atomic mass is 35.5. The van der Waals surface area contributed by atoms with Crippen LogP contribution < -0.4 is 10.6 Å². The topological polar surface area (TPSA) is 76.1 Å². The van der Waals surface area contributed by atoms with E-state index >= 15 is 0 Å². The summed E-state index contributed by atoms with van der Waals surface area (Å²) < 4.78 is 6.54. The van der Waals surface area contributed by atoms with Gasteiger partial charge >= 0.3 is 0 Å². The van der Waals surface area contributed by atoms with Crippen LogP contribution in [-0.4, -0.2) is 43.6 Å². The van der Waals surface area contributed by atoms with Gasteiger partial charge in [0.25, 0.3) is 5.91 Å². The summed E-state index contributed by atoms with van der Waals surface area (Å²) in [7, 11) is -0.159. The molecule has 0 aliphatic heterocycles. The van der Waals surface area contributed by atoms with Gasteiger partial charge in [-0.25, -0.2) is 0 Å². The van der Waals surface area contributed by atoms with Crippen molar-refractivity contribution in [3.8, 4) is 0 Å². The van der Waals surface area contributed by atoms with Crippen molar-refractivity contribution >= 4 is 31.5 Å². The van der Waals surface area contributed by atoms with Crippen LogP contribution in [0.25, 0.3) is 0 Å². The number of nitrogens with zero attached hydrogens (tertiary/aromatic N) is 2. The normalized spacial score (nSPS) is 21.3. The number of rotatable bonds is 5. The first-order chi connectivity index (χ1) is 12.0. The molecule has 26 heavy (non-hydrogen) atoms. The monoisotopic (exact) mass is 398 g/mol. The minimum atomic E-state index is -1.73. The molecule has 1 heterocycles. The van der Waals surface area contributed by atoms with Crippen molar-refractivity contribution in [2.45, 2.75) is 76.7 Å². The standard InChI is InChI=1S/C18H31ClN4O2Si/c1-18(2,3)26(5,6)25-13-9-7-12(8-10-13)21-14-11-15(19)22-23-16(14)17(24)20-4/h11-13H,7-10H2,1-6H3,(H,20,24)(H,21,22). The van der Waals surface area contributed by atoms with Gasteiger partial charge < -0.3 is 15.1 Å². The molecule has 0 atom stereocenters. The molecule has 1 fully saturated rings. The van der Waals surface area contributed by atoms with Crippen LogP contribution in [0.5, 0.6) is 0 Å². The Balaban J connectivity index is 1.97. The summed E-state index contributed by atoms with van der Waals surface area (Å²) in [6.07, 6.45) is 4.35. The molecule has 0 aromatic carbocycles. The van der Waals surface area contributed by atoms with E-state index < -0.39 is 8.32 Å². The van der Waals surface area contributed by atoms with Crippen LogP contribution >= 0.6 is 11.6 Å². The van der Waals surface area contributed by atoms with Crippen LogP contribution in [0.2, 0.25) is 23.3 Å². The average molecular weight is 399 g/mol. The molecule has 6 nitrogen and oxygen atoms in total. The lowest BCUT2D eigenvalue weighted by molar-refractivity contribution is 0.0957. The third-order valence-electron chi connectivity index (χ3n) is 5.51. The van der Waals surface area contributed by atoms with Crippen LogP contribution in [-0.2, 0) is 4.43 Å². The van der Waals surface area contributed by atoms with E-state index in [1.54, 1.807) is 13.1 Å². The van der Waals surface area contributed by atoms with E-state index in [-0.39, 0.29) is 27.8 Å². The van der Waals surface area contributed by atoms with Crippen molar-refractivity contribution < 1.29 is 9.22 Å². The summed E-state index contributed by atoms with van der Waals surface area (Å²) in [6.45, 7) is 11.4. The fourth-order valence-corrected chi connectivity index (χ4v) is 4.47. The van der Waals surface area contributed by atoms with Crippen LogP contribution in [0.4, 0.5) is 5.69 Å². The lowest BCUT2D eigenvalue weighted by Crippen LogP contribution is -2.45. The summed E-state index contributed by atoms with van der Waals surface area (Å²) >= 11 is 5.96. The minimum Gasteiger partial charge on any atom is -0.414 e. The van der Waals surface area contributed by atoms with Gasteiger partial charge in [0.15, 0.2) is 19.2 Å². The maximum absolute atomic E-state index is 12.0. The maximum atomic E-state index is 12.0. The van der Waals surface area contributed by atoms with Crippen LogP contribution in [0, 0.1) is 0 Å². The molecular formula is C18H31ClN4O2Si. The van der Waals surface area contributed by atoms with Gasteiger partial charge in [0.1, 0.15) is 0 Å². The number of halogens is 1. The van der Waals surface area contributed by atoms with E-state index in [0.29, 0.717) is 11.8 Å². The predicted molar refractivity (Wildman–Crippen MR) is 108 cm³/mol. The summed E-state index contributed by atoms with van der Waals surface area (Å²) in [5, 5.41) is 14.2. The van der Waals surface area contributed by atoms with E-state index in [0.717, 1.165) is 25.7 Å². The lowest BCUT2D eigenvalue weighted by atomic mass is 9.93. The molecule has 0 bridgehead atoms. The number of hydrogen-bond donors (Lipinski definition) is 2. The van der Waals surface area contributed by atoms with Gasteiger partial charge in [-0.05, 0) is 43.8 Å². The Morgan fingerprint density at radius 3 is 2.38 bits per heavy atom. The summed E-state index contributed by atoms with van der Waals surface area (Å²) in [5.74, 6) is -0.272. The van der Waals surface area contributed by atoms with Gasteiger partial charge in [0.05, 0.1) is 5.69 Å². The fraction of sp³-hybridized carbons (Fsp3) is 0.722. The second-order valence-corrected chi connectivity index (χ2v) is 13.6. The zero-order valence-electron chi connectivity index (χ0n) is 16.6. The molecular weight excluding hydrogens is 368 g/mol. The van der Waals surface area contributed by atoms with Gasteiger partial charge in [-0.15, -0.1) is 10.2 Å². The summed E-state index contributed by atoms with van der Waals surface area (Å²) in [5.41, 5.74) is 0.912. The Hall–Kier alpha value is -1.18. The first-order valence-electron chi connectivity index (χ1n) is 9.23. The first-order valence-corrected chi connectivity index (χ1v) is 12.5. The highest BCUT2D eigenvalue weighted by molar-refractivity contribution is 6.74. The average Bonchev–Trinajstić information content (AvgIpc) is 2.55. The molecule has 0 spiro atoms. The molecule has 2 rings (SSSR count). The fourth-order valence-electron chi connectivity index (χ4n) is 2.90. The maximum Gasteiger partial charge on any atom is 0.273 e. The van der Waals surface area contributed by atoms with Crippen molar-refractivity contribution in [2.75, 3.05) is 12.4 Å². The number of carbonyl (C=O) groups excluding carboxylic acids is 1. The van der Waals surface area contributed by atoms with E-state index in [4.69, 9.17) is 16.0 Å². The third-order valence-corrected chi connectivity index (χ3v) is 10.2. The molecule has 146 valence electrons. The highest BCUT2D eigenvalue weighted by Crippen LogP contribution is 2.39. The molecule has 1 aromatic heterocycles. The Bertz CT molecular complexity index is 641. The summed E-state index contributed by atoms with van der Waals surface area (Å²) in [6, 6.07) is 1.94. The molecule has 8 heteroatoms. The molecule has 1 aliphatic carbocycles. The molecule has 1 aliphatic rings.